The maximum absolute atomic E-state index is 4.91. The lowest BCUT2D eigenvalue weighted by Crippen LogP contribution is -1.77. The minimum absolute atomic E-state index is 0.402. The predicted octanol–water partition coefficient (Wildman–Crippen LogP) is 58.8. The van der Waals surface area contributed by atoms with Crippen molar-refractivity contribution in [1.29, 1.82) is 0 Å². The maximum Gasteiger partial charge on any atom is -0.000000228 e. The van der Waals surface area contributed by atoms with Gasteiger partial charge < -0.3 is 0 Å². The van der Waals surface area contributed by atoms with Crippen molar-refractivity contribution in [3.05, 3.63) is 0 Å². The molecule has 99 heavy (non-hydrogen) atoms. The quantitative estimate of drug-likeness (QED) is 0.0533. The van der Waals surface area contributed by atoms with Crippen LogP contribution in [0, 0.1) is 0 Å². The van der Waals surface area contributed by atoms with Gasteiger partial charge in [0.05, 0.1) is 0 Å². The molecule has 0 aliphatic heterocycles. The highest BCUT2D eigenvalue weighted by Gasteiger charge is 2.67. The van der Waals surface area contributed by atoms with Gasteiger partial charge in [0, 0.05) is 0 Å². The first-order chi connectivity index (χ1) is 45.1. The largest absolute Gasteiger partial charge is 0.102 e. The zero-order chi connectivity index (χ0) is 78.4. The summed E-state index contributed by atoms with van der Waals surface area (Å²) in [6.07, 6.45) is 0. The molecule has 0 heterocycles. The van der Waals surface area contributed by atoms with E-state index in [4.69, 9.17) is 17.9 Å². The molecule has 0 aromatic carbocycles. The van der Waals surface area contributed by atoms with Gasteiger partial charge in [-0.3, -0.25) is 0 Å². The van der Waals surface area contributed by atoms with E-state index in [9.17, 15) is 0 Å². The molecule has 0 bridgehead atoms. The molecule has 0 saturated heterocycles. The molecule has 0 aromatic rings. The van der Waals surface area contributed by atoms with Gasteiger partial charge in [0.25, 0.3) is 0 Å². The van der Waals surface area contributed by atoms with Gasteiger partial charge in [-0.25, -0.2) is 0 Å². The molecule has 0 fully saturated rings. The molecule has 594 valence electrons. The lowest BCUT2D eigenvalue weighted by atomic mass is 28.3. The SMILES string of the molecule is [PH]PP(P)P(P(P([PH])P)P(P)P)P(P(P(P)P)P(P)P)P(P(P(P(P)P)P(P)P)P(P(P)P)P(P)P)P(P(P(P(P(P)P)P(P)P)P(P(P)P)P(P)P)P(P(P(P)P)P(P)P)P(P(P)P)P(P)P)P(P(P(P(P)P)P(P)P)P(P(P)P)P(P)P)P(P(P(P)P)P(P)P)P(P(P)P)P(P)P. The Labute approximate surface area is 776 Å². The predicted molar refractivity (Wildman–Crippen MR) is 823 cm³/mol. The van der Waals surface area contributed by atoms with E-state index in [0.717, 1.165) is 7.96 Å². The van der Waals surface area contributed by atoms with Crippen LogP contribution in [-0.2, 0) is 0 Å². The summed E-state index contributed by atoms with van der Waals surface area (Å²) in [5, 5.41) is 0. The summed E-state index contributed by atoms with van der Waals surface area (Å²) >= 11 is 0. The van der Waals surface area contributed by atoms with E-state index in [0.29, 0.717) is 0 Å². The molecular weight excluding hydrogens is 3070 g/mol. The van der Waals surface area contributed by atoms with Crippen LogP contribution in [0.2, 0.25) is 0 Å². The summed E-state index contributed by atoms with van der Waals surface area (Å²) in [6, 6.07) is 0. The molecule has 0 aliphatic rings. The first-order valence-corrected chi connectivity index (χ1v) is 202. The summed E-state index contributed by atoms with van der Waals surface area (Å²) in [6.45, 7) is -22.1. The topological polar surface area (TPSA) is 0 Å². The Morgan fingerprint density at radius 1 is 0.121 bits per heavy atom. The van der Waals surface area contributed by atoms with Crippen molar-refractivity contribution in [2.75, 3.05) is 0 Å². The summed E-state index contributed by atoms with van der Waals surface area (Å²) in [5.41, 5.74) is 0. The minimum atomic E-state index is -0.655. The third kappa shape index (κ3) is 49.9. The van der Waals surface area contributed by atoms with Crippen LogP contribution in [0.3, 0.4) is 0 Å². The zero-order valence-corrected chi connectivity index (χ0v) is 152. The fourth-order valence-electron chi connectivity index (χ4n) is 6.07. The molecule has 0 spiro atoms. The molecule has 0 rings (SSSR count). The van der Waals surface area contributed by atoms with E-state index < -0.39 is 335 Å². The Morgan fingerprint density at radius 2 is 0.202 bits per heavy atom. The van der Waals surface area contributed by atoms with Gasteiger partial charge in [-0.1, -0.05) is 25.8 Å². The van der Waals surface area contributed by atoms with Gasteiger partial charge in [0.1, 0.15) is 0 Å². The molecule has 55 atom stereocenters. The lowest BCUT2D eigenvalue weighted by Gasteiger charge is -2.64. The smallest absolute Gasteiger partial charge is 0.000000228 e. The van der Waals surface area contributed by atoms with Crippen molar-refractivity contribution in [2.24, 2.45) is 0 Å². The highest BCUT2D eigenvalue weighted by molar-refractivity contribution is 9.60. The Morgan fingerprint density at radius 3 is 0.273 bits per heavy atom. The molecule has 0 saturated carbocycles. The Bertz CT molecular complexity index is 1660. The van der Waals surface area contributed by atoms with Crippen molar-refractivity contribution < 1.29 is 0 Å². The highest BCUT2D eigenvalue weighted by Crippen LogP contribution is 3.54. The van der Waals surface area contributed by atoms with Gasteiger partial charge in [-0.05, 0) is 335 Å². The second kappa shape index (κ2) is 77.8. The first-order valence-electron chi connectivity index (χ1n) is 22.5. The number of hydrogen-bond acceptors (Lipinski definition) is 0. The Kier molecular flexibility index (Phi) is 111. The Balaban J connectivity index is 14.6. The number of hydrogen-bond donors (Lipinski definition) is 0. The molecule has 0 aromatic heterocycles. The standard InChI is InChI=1S/H99P99/c1-51-76(50)89(77(52(2)3)53(4)5)95(88(74(46)47)75(48)49)98(94(86(70(38)39)71(40)41)87(72(42)43)73(44)45)99(96(90(78(54(6)7)55(8)9)79(56(10)11)57(12)13)91(80(58(14)15)59(16)17)81(60(18)19)61(20)21)97(92(82(62(22)23)63(24)25)83(64(26)27)65(28)29)93(84(66(30)31)67(32)33)85(68(34)35)69(36)37/h1-2,51H,3-50H2. The molecule has 99 heteroatoms. The summed E-state index contributed by atoms with van der Waals surface area (Å²) in [7, 11) is 193. The van der Waals surface area contributed by atoms with Crippen LogP contribution >= 0.6 is 790 Å². The maximum atomic E-state index is 4.91. The third-order valence-corrected chi connectivity index (χ3v) is 710. The fraction of sp³-hybridized carbons (Fsp3) is 0. The van der Waals surface area contributed by atoms with Crippen LogP contribution in [0.15, 0.2) is 0 Å². The fourth-order valence-corrected chi connectivity index (χ4v) is 1470. The van der Waals surface area contributed by atoms with Gasteiger partial charge in [0.15, 0.2) is 0 Å². The second-order valence-corrected chi connectivity index (χ2v) is 424. The third-order valence-electron chi connectivity index (χ3n) is 8.77. The highest BCUT2D eigenvalue weighted by atomic mass is 33.7. The normalized spacial score (nSPS) is 15.9. The second-order valence-electron chi connectivity index (χ2n) is 15.7. The first kappa shape index (κ1) is 142. The van der Waals surface area contributed by atoms with Crippen LogP contribution in [0.1, 0.15) is 0 Å². The zero-order valence-electron chi connectivity index (χ0n) is 50.7. The molecule has 0 aliphatic carbocycles. The summed E-state index contributed by atoms with van der Waals surface area (Å²) in [4.78, 5) is 0. The molecule has 0 amide bonds. The van der Waals surface area contributed by atoms with Gasteiger partial charge in [-0.15, -0.1) is 429 Å². The molecule has 2 radical (unpaired) electrons. The van der Waals surface area contributed by atoms with E-state index in [1.54, 1.807) is 0 Å². The van der Waals surface area contributed by atoms with E-state index in [-0.39, 0.29) is 0 Å². The van der Waals surface area contributed by atoms with E-state index in [1.165, 1.54) is 0 Å². The summed E-state index contributed by atoms with van der Waals surface area (Å²) in [5.74, 6) is 0. The average molecular weight is 3170 g/mol. The van der Waals surface area contributed by atoms with Crippen molar-refractivity contribution >= 4 is 790 Å². The van der Waals surface area contributed by atoms with Crippen LogP contribution in [0.5, 0.6) is 0 Å². The van der Waals surface area contributed by atoms with E-state index in [1.807, 2.05) is 0 Å². The van der Waals surface area contributed by atoms with Crippen molar-refractivity contribution in [3.8, 4) is 0 Å². The van der Waals surface area contributed by atoms with Gasteiger partial charge in [0.2, 0.25) is 0 Å². The average Bonchev–Trinajstić information content (AvgIpc) is 3.39. The monoisotopic (exact) mass is 3170 g/mol. The van der Waals surface area contributed by atoms with E-state index >= 15 is 0 Å². The molecule has 0 N–H and O–H groups in total. The molecular formula is H99P99. The van der Waals surface area contributed by atoms with E-state index in [2.05, 4.69) is 429 Å². The lowest BCUT2D eigenvalue weighted by molar-refractivity contribution is 4.29. The van der Waals surface area contributed by atoms with Gasteiger partial charge in [-0.2, -0.15) is 0 Å². The van der Waals surface area contributed by atoms with Crippen LogP contribution in [0.25, 0.3) is 0 Å². The van der Waals surface area contributed by atoms with Crippen LogP contribution < -0.4 is 0 Å². The van der Waals surface area contributed by atoms with Gasteiger partial charge >= 0.3 is 0 Å². The molecule has 55 unspecified atom stereocenters. The van der Waals surface area contributed by atoms with Crippen molar-refractivity contribution in [2.45, 2.75) is 0 Å². The van der Waals surface area contributed by atoms with Crippen LogP contribution in [0.4, 0.5) is 0 Å². The molecule has 0 nitrogen and oxygen atoms in total. The van der Waals surface area contributed by atoms with Crippen LogP contribution in [-0.4, -0.2) is 0 Å². The Hall–Kier alpha value is 42.6. The van der Waals surface area contributed by atoms with Crippen molar-refractivity contribution in [3.63, 3.8) is 0 Å². The van der Waals surface area contributed by atoms with Crippen molar-refractivity contribution in [1.82, 2.24) is 0 Å². The number of rotatable bonds is 48. The minimum Gasteiger partial charge on any atom is -0.102 e. The summed E-state index contributed by atoms with van der Waals surface area (Å²) < 4.78 is 0.